The fraction of sp³-hybridized carbons (Fsp3) is 1.00. The molecule has 20 heteroatoms. The van der Waals surface area contributed by atoms with Crippen LogP contribution in [-0.4, -0.2) is 67.8 Å². The highest BCUT2D eigenvalue weighted by Gasteiger charge is 2.16. The quantitative estimate of drug-likeness (QED) is 0.0948. The Bertz CT molecular complexity index is 387. The van der Waals surface area contributed by atoms with Crippen molar-refractivity contribution in [1.82, 2.24) is 0 Å². The highest BCUT2D eigenvalue weighted by atomic mass is 32.7. The normalized spacial score (nSPS) is 14.7. The molecule has 19 atom stereocenters. The molecule has 0 heterocycles. The third kappa shape index (κ3) is 63.6. The minimum absolute atomic E-state index is 0. The van der Waals surface area contributed by atoms with Gasteiger partial charge in [0.2, 0.25) is 0 Å². The molecule has 0 bridgehead atoms. The average Bonchev–Trinajstić information content (AvgIpc) is 2.80. The first-order valence-corrected chi connectivity index (χ1v) is 45.3. The van der Waals surface area contributed by atoms with Crippen LogP contribution in [0, 0.1) is 0 Å². The fourth-order valence-corrected chi connectivity index (χ4v) is 51.1. The number of rotatable bonds is 18. The van der Waals surface area contributed by atoms with E-state index in [4.69, 9.17) is 0 Å². The third-order valence-electron chi connectivity index (χ3n) is 3.80. The Labute approximate surface area is 310 Å². The molecule has 42 heavy (non-hydrogen) atoms. The molecule has 0 aromatic heterocycles. The Hall–Kier alpha value is 8.60. The first-order chi connectivity index (χ1) is 16.0. The lowest BCUT2D eigenvalue weighted by Gasteiger charge is -2.26. The maximum Gasteiger partial charge on any atom is -0.000785 e. The minimum Gasteiger partial charge on any atom is -0.118 e. The van der Waals surface area contributed by atoms with Gasteiger partial charge in [-0.1, -0.05) is 149 Å². The van der Waals surface area contributed by atoms with Crippen LogP contribution in [0.1, 0.15) is 80.2 Å². The summed E-state index contributed by atoms with van der Waals surface area (Å²) >= 11 is 0. The van der Waals surface area contributed by atoms with E-state index in [-0.39, 0.29) is 74.0 Å². The van der Waals surface area contributed by atoms with Crippen LogP contribution in [0.2, 0.25) is 0 Å². The molecular weight excluding hydrogens is 884 g/mol. The van der Waals surface area contributed by atoms with E-state index in [0.29, 0.717) is 37.7 Å². The van der Waals surface area contributed by atoms with Crippen LogP contribution in [0.3, 0.4) is 0 Å². The first kappa shape index (κ1) is 79.4. The Kier molecular flexibility index (Phi) is 116. The zero-order valence-electron chi connectivity index (χ0n) is 21.6. The molecule has 0 aliphatic heterocycles. The van der Waals surface area contributed by atoms with E-state index in [1.54, 1.807) is 5.90 Å². The summed E-state index contributed by atoms with van der Waals surface area (Å²) in [6.07, 6.45) is 7.26. The molecule has 19 unspecified atom stereocenters. The van der Waals surface area contributed by atoms with E-state index in [1.165, 1.54) is 65.7 Å². The van der Waals surface area contributed by atoms with Crippen molar-refractivity contribution in [2.75, 3.05) is 67.8 Å². The summed E-state index contributed by atoms with van der Waals surface area (Å²) in [7, 11) is 31.5. The second-order valence-corrected chi connectivity index (χ2v) is 58.6. The van der Waals surface area contributed by atoms with Crippen molar-refractivity contribution in [3.8, 4) is 0 Å². The zero-order valence-corrected chi connectivity index (χ0v) is 42.1. The van der Waals surface area contributed by atoms with Gasteiger partial charge in [-0.05, 0) is 74.7 Å². The SMILES string of the molecule is C.C.C.C.C.C.C.C.CCP(CP(CCPCP(C)P)P(P)P)PP.CCP(CP(P)PP)PP.CCPCP(C)P. The van der Waals surface area contributed by atoms with Crippen LogP contribution in [0.15, 0.2) is 0 Å². The van der Waals surface area contributed by atoms with Crippen molar-refractivity contribution in [2.45, 2.75) is 80.2 Å². The molecular formula is C22H86P20. The molecule has 0 aliphatic carbocycles. The summed E-state index contributed by atoms with van der Waals surface area (Å²) in [4.78, 5) is 0. The van der Waals surface area contributed by atoms with Crippen LogP contribution in [0.25, 0.3) is 0 Å². The predicted octanol–water partition coefficient (Wildman–Crippen LogP) is 18.9. The van der Waals surface area contributed by atoms with Gasteiger partial charge in [0, 0.05) is 0 Å². The molecule has 0 fully saturated rings. The van der Waals surface area contributed by atoms with Crippen LogP contribution in [-0.2, 0) is 0 Å². The molecule has 0 nitrogen and oxygen atoms in total. The Morgan fingerprint density at radius 2 is 0.929 bits per heavy atom. The molecule has 0 saturated carbocycles. The minimum atomic E-state index is 0. The Balaban J connectivity index is -0.0000000376. The van der Waals surface area contributed by atoms with Gasteiger partial charge >= 0.3 is 0 Å². The molecule has 0 saturated heterocycles. The van der Waals surface area contributed by atoms with Gasteiger partial charge in [-0.3, -0.25) is 0 Å². The van der Waals surface area contributed by atoms with Crippen molar-refractivity contribution >= 4 is 165 Å². The molecule has 0 amide bonds. The van der Waals surface area contributed by atoms with Gasteiger partial charge in [0.25, 0.3) is 0 Å². The lowest BCUT2D eigenvalue weighted by Crippen LogP contribution is -1.88. The lowest BCUT2D eigenvalue weighted by atomic mass is 11.0. The largest absolute Gasteiger partial charge is 0.118 e. The maximum absolute atomic E-state index is 3.10. The topological polar surface area (TPSA) is 0 Å². The fourth-order valence-electron chi connectivity index (χ4n) is 1.90. The van der Waals surface area contributed by atoms with Gasteiger partial charge < -0.3 is 0 Å². The first-order valence-electron chi connectivity index (χ1n) is 10.8. The predicted molar refractivity (Wildman–Crippen MR) is 294 cm³/mol. The van der Waals surface area contributed by atoms with Gasteiger partial charge in [-0.15, -0.1) is 88.6 Å². The van der Waals surface area contributed by atoms with E-state index < -0.39 is 0 Å². The van der Waals surface area contributed by atoms with Crippen LogP contribution in [0.4, 0.5) is 0 Å². The van der Waals surface area contributed by atoms with E-state index in [9.17, 15) is 0 Å². The summed E-state index contributed by atoms with van der Waals surface area (Å²) in [5, 5.41) is 0. The van der Waals surface area contributed by atoms with E-state index in [1.807, 2.05) is 0 Å². The molecule has 0 aromatic rings. The van der Waals surface area contributed by atoms with Gasteiger partial charge in [-0.25, -0.2) is 0 Å². The van der Waals surface area contributed by atoms with Gasteiger partial charge in [-0.2, -0.15) is 0 Å². The lowest BCUT2D eigenvalue weighted by molar-refractivity contribution is 1.50. The monoisotopic (exact) mass is 970 g/mol. The van der Waals surface area contributed by atoms with Crippen molar-refractivity contribution < 1.29 is 0 Å². The van der Waals surface area contributed by atoms with Crippen molar-refractivity contribution in [2.24, 2.45) is 0 Å². The number of hydrogen-bond donors (Lipinski definition) is 0. The van der Waals surface area contributed by atoms with E-state index in [0.717, 1.165) is 23.9 Å². The summed E-state index contributed by atoms with van der Waals surface area (Å²) in [5.41, 5.74) is 0. The van der Waals surface area contributed by atoms with E-state index in [2.05, 4.69) is 106 Å². The highest BCUT2D eigenvalue weighted by Crippen LogP contribution is 2.83. The van der Waals surface area contributed by atoms with E-state index >= 15 is 0 Å². The second-order valence-electron chi connectivity index (χ2n) is 6.90. The smallest absolute Gasteiger partial charge is 0.000785 e. The van der Waals surface area contributed by atoms with Crippen LogP contribution < -0.4 is 0 Å². The zero-order chi connectivity index (χ0) is 26.9. The molecule has 0 N–H and O–H groups in total. The molecule has 0 spiro atoms. The summed E-state index contributed by atoms with van der Waals surface area (Å²) in [6.45, 7) is 11.8. The van der Waals surface area contributed by atoms with Crippen LogP contribution in [0.5, 0.6) is 0 Å². The maximum atomic E-state index is 3.10. The highest BCUT2D eigenvalue weighted by molar-refractivity contribution is 8.73. The van der Waals surface area contributed by atoms with Crippen molar-refractivity contribution in [3.63, 3.8) is 0 Å². The number of hydrogen-bond acceptors (Lipinski definition) is 0. The Morgan fingerprint density at radius 3 is 1.19 bits per heavy atom. The van der Waals surface area contributed by atoms with Gasteiger partial charge in [0.05, 0.1) is 0 Å². The second kappa shape index (κ2) is 61.6. The third-order valence-corrected chi connectivity index (χ3v) is 57.2. The molecule has 274 valence electrons. The summed E-state index contributed by atoms with van der Waals surface area (Å²) in [5.74, 6) is 6.02. The van der Waals surface area contributed by atoms with Gasteiger partial charge in [0.1, 0.15) is 0 Å². The summed E-state index contributed by atoms with van der Waals surface area (Å²) < 4.78 is 0. The summed E-state index contributed by atoms with van der Waals surface area (Å²) in [6, 6.07) is 0. The molecule has 0 aliphatic rings. The molecule has 0 aromatic carbocycles. The molecule has 0 radical (unpaired) electrons. The van der Waals surface area contributed by atoms with Gasteiger partial charge in [0.15, 0.2) is 0 Å². The standard InChI is InChI=1S/C7H26P10.C4H13P3.C3H15P7.8CH4/c1-3-15(13-8)7-16(17(10)11)5-4-12-6-14(2)9;1-3-6-4-7(2)5;1-2-9(7-4)3-10(6)8-5;;;;;;;;/h12-13H,3-11H2,1-2H3;6H,3-5H2,1-2H3;7-8H,2-6H2,1H3;8*1H4. The van der Waals surface area contributed by atoms with Crippen molar-refractivity contribution in [1.29, 1.82) is 0 Å². The van der Waals surface area contributed by atoms with Crippen LogP contribution >= 0.6 is 165 Å². The molecule has 0 rings (SSSR count). The average molecular weight is 970 g/mol. The Morgan fingerprint density at radius 1 is 0.548 bits per heavy atom. The van der Waals surface area contributed by atoms with Crippen molar-refractivity contribution in [3.05, 3.63) is 0 Å².